The molecule has 2 aromatic rings. The Labute approximate surface area is 124 Å². The Balaban J connectivity index is 2.03. The Hall–Kier alpha value is -2.13. The minimum atomic E-state index is -1.33. The number of nitrogens with one attached hydrogen (secondary N) is 1. The topological polar surface area (TPSA) is 70.3 Å². The molecule has 3 N–H and O–H groups in total. The van der Waals surface area contributed by atoms with Crippen LogP contribution in [0.25, 0.3) is 10.9 Å². The molecule has 0 bridgehead atoms. The molecular formula is C13H15F3N6. The number of rotatable bonds is 2. The fourth-order valence-corrected chi connectivity index (χ4v) is 2.39. The number of hydrogen-bond acceptors (Lipinski definition) is 6. The maximum absolute atomic E-state index is 14.5. The van der Waals surface area contributed by atoms with Gasteiger partial charge < -0.3 is 16.1 Å². The number of hydrogen-bond donors (Lipinski definition) is 2. The zero-order valence-electron chi connectivity index (χ0n) is 11.9. The van der Waals surface area contributed by atoms with Crippen molar-refractivity contribution < 1.29 is 13.2 Å². The summed E-state index contributed by atoms with van der Waals surface area (Å²) in [6.45, 7) is 2.59. The van der Waals surface area contributed by atoms with Gasteiger partial charge in [-0.1, -0.05) is 0 Å². The van der Waals surface area contributed by atoms with Gasteiger partial charge in [-0.25, -0.2) is 28.1 Å². The number of nitrogens with two attached hydrogens (primary N) is 1. The van der Waals surface area contributed by atoms with Crippen molar-refractivity contribution >= 4 is 22.4 Å². The second kappa shape index (κ2) is 5.58. The summed E-state index contributed by atoms with van der Waals surface area (Å²) in [5, 5.41) is 1.19. The monoisotopic (exact) mass is 312 g/mol. The molecule has 1 aliphatic heterocycles. The molecule has 1 aromatic carbocycles. The molecule has 2 heterocycles. The van der Waals surface area contributed by atoms with Crippen molar-refractivity contribution in [2.75, 3.05) is 44.4 Å². The largest absolute Gasteiger partial charge is 0.383 e. The van der Waals surface area contributed by atoms with Gasteiger partial charge in [0.15, 0.2) is 17.5 Å². The standard InChI is InChI=1S/C13H15F3N6/c1-21-2-4-22(5-3-21)20-12-9(15)8(14)7-11(10(12)16)18-6-19-13(7)17/h6,20H,2-5H2,1H3,(H2,17,18,19). The molecule has 1 fully saturated rings. The molecule has 1 aromatic heterocycles. The van der Waals surface area contributed by atoms with Gasteiger partial charge >= 0.3 is 0 Å². The summed E-state index contributed by atoms with van der Waals surface area (Å²) >= 11 is 0. The van der Waals surface area contributed by atoms with Gasteiger partial charge in [0.25, 0.3) is 0 Å². The molecule has 118 valence electrons. The maximum Gasteiger partial charge on any atom is 0.187 e. The third-order valence-electron chi connectivity index (χ3n) is 3.71. The van der Waals surface area contributed by atoms with Crippen molar-refractivity contribution in [1.29, 1.82) is 0 Å². The summed E-state index contributed by atoms with van der Waals surface area (Å²) in [5.74, 6) is -3.87. The van der Waals surface area contributed by atoms with Crippen LogP contribution in [0.3, 0.4) is 0 Å². The van der Waals surface area contributed by atoms with Crippen LogP contribution in [0.15, 0.2) is 6.33 Å². The van der Waals surface area contributed by atoms with E-state index in [1.54, 1.807) is 5.01 Å². The van der Waals surface area contributed by atoms with Crippen molar-refractivity contribution in [3.63, 3.8) is 0 Å². The Bertz CT molecular complexity index is 715. The Morgan fingerprint density at radius 1 is 1.05 bits per heavy atom. The third-order valence-corrected chi connectivity index (χ3v) is 3.71. The lowest BCUT2D eigenvalue weighted by Crippen LogP contribution is -2.47. The number of aromatic nitrogens is 2. The Kier molecular flexibility index (Phi) is 3.75. The van der Waals surface area contributed by atoms with E-state index in [-0.39, 0.29) is 11.3 Å². The fraction of sp³-hybridized carbons (Fsp3) is 0.385. The molecule has 1 saturated heterocycles. The van der Waals surface area contributed by atoms with Gasteiger partial charge in [0, 0.05) is 26.2 Å². The number of nitrogens with zero attached hydrogens (tertiary/aromatic N) is 4. The van der Waals surface area contributed by atoms with Crippen LogP contribution >= 0.6 is 0 Å². The van der Waals surface area contributed by atoms with E-state index < -0.39 is 28.5 Å². The molecule has 3 rings (SSSR count). The zero-order valence-corrected chi connectivity index (χ0v) is 11.9. The average molecular weight is 312 g/mol. The van der Waals surface area contributed by atoms with E-state index >= 15 is 0 Å². The quantitative estimate of drug-likeness (QED) is 0.812. The number of likely N-dealkylation sites (N-methyl/N-ethyl adjacent to an activating group) is 1. The van der Waals surface area contributed by atoms with E-state index in [4.69, 9.17) is 5.73 Å². The smallest absolute Gasteiger partial charge is 0.187 e. The second-order valence-corrected chi connectivity index (χ2v) is 5.20. The van der Waals surface area contributed by atoms with Crippen LogP contribution in [-0.4, -0.2) is 53.1 Å². The van der Waals surface area contributed by atoms with Crippen molar-refractivity contribution in [2.45, 2.75) is 0 Å². The molecule has 0 radical (unpaired) electrons. The predicted octanol–water partition coefficient (Wildman–Crippen LogP) is 1.20. The van der Waals surface area contributed by atoms with E-state index in [0.717, 1.165) is 19.4 Å². The van der Waals surface area contributed by atoms with Gasteiger partial charge in [-0.2, -0.15) is 0 Å². The number of piperazine rings is 1. The summed E-state index contributed by atoms with van der Waals surface area (Å²) in [7, 11) is 1.95. The van der Waals surface area contributed by atoms with Gasteiger partial charge in [0.1, 0.15) is 23.3 Å². The number of fused-ring (bicyclic) bond motifs is 1. The molecule has 9 heteroatoms. The lowest BCUT2D eigenvalue weighted by Gasteiger charge is -2.33. The van der Waals surface area contributed by atoms with Crippen LogP contribution in [0, 0.1) is 17.5 Å². The van der Waals surface area contributed by atoms with Crippen LogP contribution in [0.2, 0.25) is 0 Å². The summed E-state index contributed by atoms with van der Waals surface area (Å²) in [6.07, 6.45) is 1.01. The van der Waals surface area contributed by atoms with E-state index in [9.17, 15) is 13.2 Å². The van der Waals surface area contributed by atoms with Gasteiger partial charge in [-0.05, 0) is 7.05 Å². The summed E-state index contributed by atoms with van der Waals surface area (Å²) in [4.78, 5) is 9.31. The number of benzene rings is 1. The van der Waals surface area contributed by atoms with Gasteiger partial charge in [-0.3, -0.25) is 0 Å². The van der Waals surface area contributed by atoms with Crippen molar-refractivity contribution in [3.05, 3.63) is 23.8 Å². The molecule has 0 spiro atoms. The molecule has 0 aliphatic carbocycles. The summed E-state index contributed by atoms with van der Waals surface area (Å²) in [6, 6.07) is 0. The number of anilines is 2. The summed E-state index contributed by atoms with van der Waals surface area (Å²) < 4.78 is 42.8. The lowest BCUT2D eigenvalue weighted by molar-refractivity contribution is 0.178. The van der Waals surface area contributed by atoms with E-state index in [2.05, 4.69) is 20.3 Å². The average Bonchev–Trinajstić information content (AvgIpc) is 2.51. The minimum absolute atomic E-state index is 0.300. The van der Waals surface area contributed by atoms with Crippen LogP contribution < -0.4 is 11.2 Å². The molecule has 1 aliphatic rings. The minimum Gasteiger partial charge on any atom is -0.383 e. The van der Waals surface area contributed by atoms with Gasteiger partial charge in [0.2, 0.25) is 0 Å². The summed E-state index contributed by atoms with van der Waals surface area (Å²) in [5.41, 5.74) is 7.18. The highest BCUT2D eigenvalue weighted by Crippen LogP contribution is 2.32. The first-order valence-corrected chi connectivity index (χ1v) is 6.75. The fourth-order valence-electron chi connectivity index (χ4n) is 2.39. The maximum atomic E-state index is 14.5. The first-order chi connectivity index (χ1) is 10.5. The normalized spacial score (nSPS) is 17.1. The highest BCUT2D eigenvalue weighted by Gasteiger charge is 2.25. The number of hydrazine groups is 1. The molecule has 0 atom stereocenters. The van der Waals surface area contributed by atoms with Crippen molar-refractivity contribution in [1.82, 2.24) is 19.9 Å². The number of nitrogen functional groups attached to an aromatic ring is 1. The molecule has 0 amide bonds. The SMILES string of the molecule is CN1CCN(Nc2c(F)c(F)c3c(N)ncnc3c2F)CC1. The van der Waals surface area contributed by atoms with E-state index in [1.807, 2.05) is 7.05 Å². The van der Waals surface area contributed by atoms with Crippen molar-refractivity contribution in [3.8, 4) is 0 Å². The third kappa shape index (κ3) is 2.42. The van der Waals surface area contributed by atoms with Gasteiger partial charge in [-0.15, -0.1) is 0 Å². The van der Waals surface area contributed by atoms with E-state index in [1.165, 1.54) is 0 Å². The Morgan fingerprint density at radius 2 is 1.73 bits per heavy atom. The molecule has 0 unspecified atom stereocenters. The Morgan fingerprint density at radius 3 is 2.41 bits per heavy atom. The van der Waals surface area contributed by atoms with Crippen molar-refractivity contribution in [2.24, 2.45) is 0 Å². The number of halogens is 3. The van der Waals surface area contributed by atoms with Gasteiger partial charge in [0.05, 0.1) is 5.39 Å². The first kappa shape index (κ1) is 14.8. The van der Waals surface area contributed by atoms with Crippen LogP contribution in [-0.2, 0) is 0 Å². The highest BCUT2D eigenvalue weighted by molar-refractivity contribution is 5.91. The second-order valence-electron chi connectivity index (χ2n) is 5.20. The molecule has 22 heavy (non-hydrogen) atoms. The van der Waals surface area contributed by atoms with Crippen LogP contribution in [0.4, 0.5) is 24.7 Å². The molecule has 6 nitrogen and oxygen atoms in total. The lowest BCUT2D eigenvalue weighted by atomic mass is 10.1. The molecule has 0 saturated carbocycles. The van der Waals surface area contributed by atoms with Crippen LogP contribution in [0.5, 0.6) is 0 Å². The van der Waals surface area contributed by atoms with Crippen LogP contribution in [0.1, 0.15) is 0 Å². The predicted molar refractivity (Wildman–Crippen MR) is 76.5 cm³/mol. The first-order valence-electron chi connectivity index (χ1n) is 6.75. The highest BCUT2D eigenvalue weighted by atomic mass is 19.2. The molecular weight excluding hydrogens is 297 g/mol. The van der Waals surface area contributed by atoms with E-state index in [0.29, 0.717) is 13.1 Å². The zero-order chi connectivity index (χ0) is 15.9.